The number of nitrogens with zero attached hydrogens (tertiary/aromatic N) is 1. The molecular formula is C20H20N2O5. The van der Waals surface area contributed by atoms with Crippen molar-refractivity contribution in [3.05, 3.63) is 58.3 Å². The van der Waals surface area contributed by atoms with Gasteiger partial charge in [-0.05, 0) is 31.5 Å². The van der Waals surface area contributed by atoms with E-state index in [4.69, 9.17) is 13.9 Å². The fourth-order valence-electron chi connectivity index (χ4n) is 3.14. The van der Waals surface area contributed by atoms with Gasteiger partial charge in [0.25, 0.3) is 0 Å². The first-order valence-corrected chi connectivity index (χ1v) is 8.34. The zero-order chi connectivity index (χ0) is 19.6. The van der Waals surface area contributed by atoms with Crippen molar-refractivity contribution >= 4 is 12.3 Å². The molecule has 0 unspecified atom stereocenters. The molecule has 1 aromatic carbocycles. The highest BCUT2D eigenvalue weighted by Crippen LogP contribution is 2.36. The van der Waals surface area contributed by atoms with E-state index in [1.807, 2.05) is 24.3 Å². The second-order valence-corrected chi connectivity index (χ2v) is 6.08. The van der Waals surface area contributed by atoms with E-state index in [9.17, 15) is 9.59 Å². The van der Waals surface area contributed by atoms with Crippen LogP contribution in [0.15, 0.2) is 28.7 Å². The van der Waals surface area contributed by atoms with Gasteiger partial charge in [0.2, 0.25) is 5.76 Å². The minimum Gasteiger partial charge on any atom is -0.497 e. The monoisotopic (exact) mass is 368 g/mol. The summed E-state index contributed by atoms with van der Waals surface area (Å²) in [7, 11) is 2.91. The van der Waals surface area contributed by atoms with E-state index in [1.165, 1.54) is 7.11 Å². The maximum Gasteiger partial charge on any atom is 0.374 e. The van der Waals surface area contributed by atoms with Crippen LogP contribution in [0.1, 0.15) is 43.6 Å². The number of carbonyl (C=O) groups excluding carboxylic acids is 2. The van der Waals surface area contributed by atoms with E-state index in [0.717, 1.165) is 17.0 Å². The molecule has 140 valence electrons. The number of aryl methyl sites for hydroxylation is 1. The number of nitrogens with one attached hydrogen (secondary N) is 1. The lowest BCUT2D eigenvalue weighted by molar-refractivity contribution is 0.0562. The Morgan fingerprint density at radius 3 is 2.48 bits per heavy atom. The molecule has 0 saturated carbocycles. The number of benzene rings is 1. The van der Waals surface area contributed by atoms with Crippen LogP contribution in [0.4, 0.5) is 0 Å². The highest BCUT2D eigenvalue weighted by Gasteiger charge is 2.26. The Balaban J connectivity index is 2.08. The summed E-state index contributed by atoms with van der Waals surface area (Å²) in [5, 5.41) is 7.06. The first kappa shape index (κ1) is 18.4. The lowest BCUT2D eigenvalue weighted by Crippen LogP contribution is -2.01. The fourth-order valence-corrected chi connectivity index (χ4v) is 3.14. The van der Waals surface area contributed by atoms with Gasteiger partial charge < -0.3 is 13.9 Å². The van der Waals surface area contributed by atoms with Crippen LogP contribution < -0.4 is 4.74 Å². The molecule has 7 heteroatoms. The molecule has 27 heavy (non-hydrogen) atoms. The average molecular weight is 368 g/mol. The van der Waals surface area contributed by atoms with Crippen molar-refractivity contribution in [2.24, 2.45) is 0 Å². The van der Waals surface area contributed by atoms with Crippen molar-refractivity contribution in [2.75, 3.05) is 14.2 Å². The molecule has 0 aliphatic heterocycles. The molecule has 0 aliphatic carbocycles. The molecule has 7 nitrogen and oxygen atoms in total. The molecule has 0 spiro atoms. The van der Waals surface area contributed by atoms with Gasteiger partial charge in [-0.1, -0.05) is 12.1 Å². The van der Waals surface area contributed by atoms with E-state index in [2.05, 4.69) is 10.2 Å². The van der Waals surface area contributed by atoms with Crippen LogP contribution in [0.2, 0.25) is 0 Å². The van der Waals surface area contributed by atoms with E-state index >= 15 is 0 Å². The van der Waals surface area contributed by atoms with Crippen LogP contribution in [-0.2, 0) is 11.2 Å². The number of hydrogen-bond donors (Lipinski definition) is 1. The molecule has 3 rings (SSSR count). The van der Waals surface area contributed by atoms with E-state index < -0.39 is 5.97 Å². The van der Waals surface area contributed by atoms with Gasteiger partial charge in [0.1, 0.15) is 17.2 Å². The standard InChI is InChI=1S/C20H20N2O5/c1-11-17(12(2)27-19(11)20(24)26-4)18-15(21-22-16(18)10-23)9-13-5-7-14(25-3)8-6-13/h5-8,10H,9H2,1-4H3,(H,21,22). The molecule has 3 aromatic rings. The van der Waals surface area contributed by atoms with E-state index in [-0.39, 0.29) is 11.5 Å². The lowest BCUT2D eigenvalue weighted by Gasteiger charge is -2.06. The Bertz CT molecular complexity index is 983. The van der Waals surface area contributed by atoms with Crippen molar-refractivity contribution < 1.29 is 23.5 Å². The largest absolute Gasteiger partial charge is 0.497 e. The normalized spacial score (nSPS) is 10.7. The predicted octanol–water partition coefficient (Wildman–Crippen LogP) is 3.49. The Morgan fingerprint density at radius 1 is 1.19 bits per heavy atom. The maximum atomic E-state index is 11.9. The summed E-state index contributed by atoms with van der Waals surface area (Å²) in [6.45, 7) is 3.50. The maximum absolute atomic E-state index is 11.9. The van der Waals surface area contributed by atoms with Crippen molar-refractivity contribution in [3.8, 4) is 16.9 Å². The van der Waals surface area contributed by atoms with Crippen LogP contribution in [0.25, 0.3) is 11.1 Å². The number of aromatic amines is 1. The summed E-state index contributed by atoms with van der Waals surface area (Å²) in [5.41, 5.74) is 3.96. The summed E-state index contributed by atoms with van der Waals surface area (Å²) in [4.78, 5) is 23.5. The quantitative estimate of drug-likeness (QED) is 0.529. The number of H-pyrrole nitrogens is 1. The number of carbonyl (C=O) groups is 2. The highest BCUT2D eigenvalue weighted by atomic mass is 16.5. The van der Waals surface area contributed by atoms with Crippen LogP contribution >= 0.6 is 0 Å². The molecule has 0 radical (unpaired) electrons. The topological polar surface area (TPSA) is 94.4 Å². The van der Waals surface area contributed by atoms with Gasteiger partial charge in [-0.2, -0.15) is 5.10 Å². The zero-order valence-electron chi connectivity index (χ0n) is 15.6. The minimum absolute atomic E-state index is 0.124. The summed E-state index contributed by atoms with van der Waals surface area (Å²) < 4.78 is 15.6. The molecule has 0 bridgehead atoms. The van der Waals surface area contributed by atoms with Crippen molar-refractivity contribution in [3.63, 3.8) is 0 Å². The smallest absolute Gasteiger partial charge is 0.374 e. The molecular weight excluding hydrogens is 348 g/mol. The summed E-state index contributed by atoms with van der Waals surface area (Å²) >= 11 is 0. The third kappa shape index (κ3) is 3.36. The second kappa shape index (κ2) is 7.49. The molecule has 0 amide bonds. The summed E-state index contributed by atoms with van der Waals surface area (Å²) in [6.07, 6.45) is 1.21. The molecule has 1 N–H and O–H groups in total. The predicted molar refractivity (Wildman–Crippen MR) is 98.3 cm³/mol. The first-order valence-electron chi connectivity index (χ1n) is 8.34. The Kier molecular flexibility index (Phi) is 5.12. The third-order valence-electron chi connectivity index (χ3n) is 4.46. The van der Waals surface area contributed by atoms with Crippen molar-refractivity contribution in [1.82, 2.24) is 10.2 Å². The zero-order valence-corrected chi connectivity index (χ0v) is 15.6. The fraction of sp³-hybridized carbons (Fsp3) is 0.250. The number of rotatable bonds is 6. The number of hydrogen-bond acceptors (Lipinski definition) is 6. The molecule has 0 atom stereocenters. The number of methoxy groups -OCH3 is 2. The van der Waals surface area contributed by atoms with E-state index in [0.29, 0.717) is 35.2 Å². The van der Waals surface area contributed by atoms with Gasteiger partial charge in [0.15, 0.2) is 6.29 Å². The number of aromatic nitrogens is 2. The number of aldehydes is 1. The molecule has 2 heterocycles. The molecule has 0 saturated heterocycles. The van der Waals surface area contributed by atoms with Crippen LogP contribution in [0, 0.1) is 13.8 Å². The van der Waals surface area contributed by atoms with Crippen LogP contribution in [0.3, 0.4) is 0 Å². The number of ether oxygens (including phenoxy) is 2. The third-order valence-corrected chi connectivity index (χ3v) is 4.46. The molecule has 0 fully saturated rings. The van der Waals surface area contributed by atoms with Gasteiger partial charge in [-0.25, -0.2) is 4.79 Å². The SMILES string of the molecule is COC(=O)c1oc(C)c(-c2c(C=O)n[nH]c2Cc2ccc(OC)cc2)c1C. The first-order chi connectivity index (χ1) is 13.0. The Labute approximate surface area is 156 Å². The van der Waals surface area contributed by atoms with Gasteiger partial charge in [-0.15, -0.1) is 0 Å². The van der Waals surface area contributed by atoms with Crippen LogP contribution in [-0.4, -0.2) is 36.7 Å². The highest BCUT2D eigenvalue weighted by molar-refractivity contribution is 5.94. The van der Waals surface area contributed by atoms with Gasteiger partial charge in [0, 0.05) is 28.8 Å². The Morgan fingerprint density at radius 2 is 1.89 bits per heavy atom. The Hall–Kier alpha value is -3.35. The molecule has 2 aromatic heterocycles. The number of esters is 1. The minimum atomic E-state index is -0.560. The van der Waals surface area contributed by atoms with Gasteiger partial charge >= 0.3 is 5.97 Å². The van der Waals surface area contributed by atoms with Gasteiger partial charge in [0.05, 0.1) is 14.2 Å². The number of furan rings is 1. The summed E-state index contributed by atoms with van der Waals surface area (Å²) in [5.74, 6) is 0.850. The summed E-state index contributed by atoms with van der Waals surface area (Å²) in [6, 6.07) is 7.63. The van der Waals surface area contributed by atoms with Crippen molar-refractivity contribution in [1.29, 1.82) is 0 Å². The lowest BCUT2D eigenvalue weighted by atomic mass is 9.96. The average Bonchev–Trinajstić information content (AvgIpc) is 3.21. The molecule has 0 aliphatic rings. The van der Waals surface area contributed by atoms with Gasteiger partial charge in [-0.3, -0.25) is 9.89 Å². The van der Waals surface area contributed by atoms with Crippen LogP contribution in [0.5, 0.6) is 5.75 Å². The second-order valence-electron chi connectivity index (χ2n) is 6.08. The van der Waals surface area contributed by atoms with E-state index in [1.54, 1.807) is 21.0 Å². The van der Waals surface area contributed by atoms with Crippen molar-refractivity contribution in [2.45, 2.75) is 20.3 Å².